The van der Waals surface area contributed by atoms with Gasteiger partial charge in [-0.05, 0) is 37.7 Å². The molecule has 27 heavy (non-hydrogen) atoms. The Balaban J connectivity index is 0.00000364. The minimum Gasteiger partial charge on any atom is -0.359 e. The van der Waals surface area contributed by atoms with Gasteiger partial charge < -0.3 is 15.5 Å². The van der Waals surface area contributed by atoms with Crippen molar-refractivity contribution in [3.05, 3.63) is 35.9 Å². The van der Waals surface area contributed by atoms with Crippen molar-refractivity contribution in [2.45, 2.75) is 39.5 Å². The Labute approximate surface area is 181 Å². The molecule has 0 saturated carbocycles. The van der Waals surface area contributed by atoms with E-state index in [2.05, 4.69) is 57.8 Å². The first kappa shape index (κ1) is 23.7. The summed E-state index contributed by atoms with van der Waals surface area (Å²) in [6, 6.07) is 10.9. The van der Waals surface area contributed by atoms with E-state index in [-0.39, 0.29) is 29.9 Å². The summed E-state index contributed by atoms with van der Waals surface area (Å²) in [5, 5.41) is 6.14. The van der Waals surface area contributed by atoms with E-state index in [1.807, 2.05) is 20.9 Å². The van der Waals surface area contributed by atoms with Crippen molar-refractivity contribution in [2.75, 3.05) is 33.7 Å². The third-order valence-electron chi connectivity index (χ3n) is 5.53. The molecule has 1 aromatic carbocycles. The lowest BCUT2D eigenvalue weighted by Gasteiger charge is -2.40. The fourth-order valence-corrected chi connectivity index (χ4v) is 3.83. The lowest BCUT2D eigenvalue weighted by atomic mass is 9.79. The van der Waals surface area contributed by atoms with Crippen LogP contribution < -0.4 is 10.6 Å². The van der Waals surface area contributed by atoms with Crippen LogP contribution in [0.2, 0.25) is 0 Å². The second kappa shape index (κ2) is 10.9. The van der Waals surface area contributed by atoms with Crippen molar-refractivity contribution in [3.8, 4) is 0 Å². The minimum absolute atomic E-state index is 0. The molecule has 2 rings (SSSR count). The average molecular weight is 486 g/mol. The molecular weight excluding hydrogens is 451 g/mol. The maximum atomic E-state index is 12.0. The number of aliphatic imine (C=N–C) groups is 1. The number of amides is 1. The monoisotopic (exact) mass is 486 g/mol. The summed E-state index contributed by atoms with van der Waals surface area (Å²) in [6.07, 6.45) is 2.28. The molecule has 5 nitrogen and oxygen atoms in total. The maximum absolute atomic E-state index is 12.0. The first-order chi connectivity index (χ1) is 12.4. The summed E-state index contributed by atoms with van der Waals surface area (Å²) in [5.74, 6) is 2.15. The molecule has 2 atom stereocenters. The summed E-state index contributed by atoms with van der Waals surface area (Å²) in [7, 11) is 3.50. The molecule has 0 bridgehead atoms. The summed E-state index contributed by atoms with van der Waals surface area (Å²) >= 11 is 0. The molecule has 1 saturated heterocycles. The van der Waals surface area contributed by atoms with E-state index in [1.54, 1.807) is 7.05 Å². The van der Waals surface area contributed by atoms with Crippen LogP contribution >= 0.6 is 24.0 Å². The lowest BCUT2D eigenvalue weighted by Crippen LogP contribution is -2.51. The second-order valence-corrected chi connectivity index (χ2v) is 7.78. The van der Waals surface area contributed by atoms with Gasteiger partial charge in [-0.1, -0.05) is 43.7 Å². The fraction of sp³-hybridized carbons (Fsp3) is 0.619. The van der Waals surface area contributed by atoms with Crippen molar-refractivity contribution in [2.24, 2.45) is 16.3 Å². The minimum atomic E-state index is -0.475. The Morgan fingerprint density at radius 3 is 2.52 bits per heavy atom. The molecule has 1 heterocycles. The first-order valence-electron chi connectivity index (χ1n) is 9.65. The smallest absolute Gasteiger partial charge is 0.227 e. The van der Waals surface area contributed by atoms with Gasteiger partial charge in [-0.25, -0.2) is 0 Å². The Kier molecular flexibility index (Phi) is 9.56. The van der Waals surface area contributed by atoms with Crippen LogP contribution in [-0.2, 0) is 4.79 Å². The van der Waals surface area contributed by atoms with Crippen molar-refractivity contribution in [1.29, 1.82) is 0 Å². The lowest BCUT2D eigenvalue weighted by molar-refractivity contribution is -0.128. The van der Waals surface area contributed by atoms with Crippen LogP contribution in [0, 0.1) is 11.3 Å². The van der Waals surface area contributed by atoms with Gasteiger partial charge in [0.05, 0.1) is 5.41 Å². The zero-order valence-corrected chi connectivity index (χ0v) is 19.6. The van der Waals surface area contributed by atoms with E-state index in [0.29, 0.717) is 18.4 Å². The topological polar surface area (TPSA) is 56.7 Å². The van der Waals surface area contributed by atoms with Gasteiger partial charge in [0.1, 0.15) is 0 Å². The SMILES string of the molecule is CCC1CN(C(=NC)NCC(C)(C)C(=O)NC)CCC1c1ccccc1.I. The Bertz CT molecular complexity index is 618. The predicted molar refractivity (Wildman–Crippen MR) is 124 cm³/mol. The van der Waals surface area contributed by atoms with Crippen LogP contribution in [-0.4, -0.2) is 50.5 Å². The number of carbonyl (C=O) groups excluding carboxylic acids is 1. The summed E-state index contributed by atoms with van der Waals surface area (Å²) in [5.41, 5.74) is 0.972. The third kappa shape index (κ3) is 6.09. The summed E-state index contributed by atoms with van der Waals surface area (Å²) < 4.78 is 0. The number of hydrogen-bond acceptors (Lipinski definition) is 2. The largest absolute Gasteiger partial charge is 0.359 e. The number of rotatable bonds is 5. The van der Waals surface area contributed by atoms with Crippen molar-refractivity contribution in [1.82, 2.24) is 15.5 Å². The van der Waals surface area contributed by atoms with Gasteiger partial charge in [-0.2, -0.15) is 0 Å². The van der Waals surface area contributed by atoms with Crippen molar-refractivity contribution < 1.29 is 4.79 Å². The molecular formula is C21H35IN4O. The zero-order valence-electron chi connectivity index (χ0n) is 17.3. The third-order valence-corrected chi connectivity index (χ3v) is 5.53. The van der Waals surface area contributed by atoms with Gasteiger partial charge in [-0.15, -0.1) is 24.0 Å². The Morgan fingerprint density at radius 2 is 1.96 bits per heavy atom. The highest BCUT2D eigenvalue weighted by atomic mass is 127. The molecule has 1 aliphatic heterocycles. The number of carbonyl (C=O) groups is 1. The van der Waals surface area contributed by atoms with Crippen LogP contribution in [0.3, 0.4) is 0 Å². The standard InChI is InChI=1S/C21H34N4O.HI/c1-6-16-14-25(13-12-18(16)17-10-8-7-9-11-17)20(23-5)24-15-21(2,3)19(26)22-4;/h7-11,16,18H,6,12-15H2,1-5H3,(H,22,26)(H,23,24);1H. The first-order valence-corrected chi connectivity index (χ1v) is 9.65. The van der Waals surface area contributed by atoms with Gasteiger partial charge in [0.15, 0.2) is 5.96 Å². The quantitative estimate of drug-likeness (QED) is 0.381. The van der Waals surface area contributed by atoms with Crippen molar-refractivity contribution in [3.63, 3.8) is 0 Å². The van der Waals surface area contributed by atoms with Crippen LogP contribution in [0.5, 0.6) is 0 Å². The van der Waals surface area contributed by atoms with Gasteiger partial charge >= 0.3 is 0 Å². The van der Waals surface area contributed by atoms with Crippen LogP contribution in [0.25, 0.3) is 0 Å². The number of halogens is 1. The highest BCUT2D eigenvalue weighted by Gasteiger charge is 2.32. The number of piperidine rings is 1. The Hall–Kier alpha value is -1.31. The average Bonchev–Trinajstić information content (AvgIpc) is 2.68. The molecule has 0 aliphatic carbocycles. The number of benzene rings is 1. The fourth-order valence-electron chi connectivity index (χ4n) is 3.83. The van der Waals surface area contributed by atoms with E-state index in [1.165, 1.54) is 5.56 Å². The van der Waals surface area contributed by atoms with Gasteiger partial charge in [-0.3, -0.25) is 9.79 Å². The summed E-state index contributed by atoms with van der Waals surface area (Å²) in [4.78, 5) is 18.8. The highest BCUT2D eigenvalue weighted by Crippen LogP contribution is 2.34. The molecule has 2 N–H and O–H groups in total. The highest BCUT2D eigenvalue weighted by molar-refractivity contribution is 14.0. The number of nitrogens with one attached hydrogen (secondary N) is 2. The zero-order chi connectivity index (χ0) is 19.2. The van der Waals surface area contributed by atoms with E-state index in [4.69, 9.17) is 0 Å². The molecule has 0 spiro atoms. The molecule has 6 heteroatoms. The molecule has 2 unspecified atom stereocenters. The van der Waals surface area contributed by atoms with Crippen molar-refractivity contribution >= 4 is 35.8 Å². The molecule has 0 aromatic heterocycles. The van der Waals surface area contributed by atoms with Crippen LogP contribution in [0.1, 0.15) is 45.1 Å². The molecule has 152 valence electrons. The van der Waals surface area contributed by atoms with E-state index >= 15 is 0 Å². The van der Waals surface area contributed by atoms with Gasteiger partial charge in [0.2, 0.25) is 5.91 Å². The van der Waals surface area contributed by atoms with Gasteiger partial charge in [0.25, 0.3) is 0 Å². The molecule has 1 fully saturated rings. The number of hydrogen-bond donors (Lipinski definition) is 2. The van der Waals surface area contributed by atoms with Crippen LogP contribution in [0.15, 0.2) is 35.3 Å². The number of guanidine groups is 1. The van der Waals surface area contributed by atoms with Crippen LogP contribution in [0.4, 0.5) is 0 Å². The molecule has 1 aromatic rings. The maximum Gasteiger partial charge on any atom is 0.227 e. The van der Waals surface area contributed by atoms with E-state index in [9.17, 15) is 4.79 Å². The predicted octanol–water partition coefficient (Wildman–Crippen LogP) is 3.47. The summed E-state index contributed by atoms with van der Waals surface area (Å²) in [6.45, 7) is 8.71. The number of nitrogens with zero attached hydrogens (tertiary/aromatic N) is 2. The Morgan fingerprint density at radius 1 is 1.30 bits per heavy atom. The number of likely N-dealkylation sites (tertiary alicyclic amines) is 1. The van der Waals surface area contributed by atoms with Gasteiger partial charge in [0, 0.05) is 33.7 Å². The molecule has 0 radical (unpaired) electrons. The van der Waals surface area contributed by atoms with E-state index < -0.39 is 5.41 Å². The normalized spacial score (nSPS) is 20.6. The molecule has 1 amide bonds. The molecule has 1 aliphatic rings. The van der Waals surface area contributed by atoms with E-state index in [0.717, 1.165) is 31.9 Å². The second-order valence-electron chi connectivity index (χ2n) is 7.78.